The molecule has 0 atom stereocenters. The summed E-state index contributed by atoms with van der Waals surface area (Å²) in [6, 6.07) is 3.19. The van der Waals surface area contributed by atoms with Gasteiger partial charge < -0.3 is 9.84 Å². The SMILES string of the molecule is CCOC(=O)c1cc(Br)cc(CO)n1. The Morgan fingerprint density at radius 1 is 1.64 bits per heavy atom. The largest absolute Gasteiger partial charge is 0.461 e. The van der Waals surface area contributed by atoms with Gasteiger partial charge in [0.15, 0.2) is 0 Å². The van der Waals surface area contributed by atoms with Crippen LogP contribution in [-0.2, 0) is 11.3 Å². The zero-order chi connectivity index (χ0) is 10.6. The quantitative estimate of drug-likeness (QED) is 0.837. The zero-order valence-electron chi connectivity index (χ0n) is 7.66. The second-order valence-corrected chi connectivity index (χ2v) is 3.46. The van der Waals surface area contributed by atoms with Gasteiger partial charge in [-0.25, -0.2) is 9.78 Å². The molecule has 0 radical (unpaired) electrons. The Kier molecular flexibility index (Phi) is 4.03. The van der Waals surface area contributed by atoms with Crippen LogP contribution in [0, 0.1) is 0 Å². The van der Waals surface area contributed by atoms with Crippen LogP contribution >= 0.6 is 15.9 Å². The topological polar surface area (TPSA) is 59.4 Å². The molecule has 0 unspecified atom stereocenters. The van der Waals surface area contributed by atoms with Crippen molar-refractivity contribution in [2.45, 2.75) is 13.5 Å². The Morgan fingerprint density at radius 3 is 2.93 bits per heavy atom. The number of halogens is 1. The van der Waals surface area contributed by atoms with Crippen molar-refractivity contribution < 1.29 is 14.6 Å². The first-order valence-electron chi connectivity index (χ1n) is 4.11. The summed E-state index contributed by atoms with van der Waals surface area (Å²) < 4.78 is 5.47. The van der Waals surface area contributed by atoms with E-state index in [0.717, 1.165) is 0 Å². The molecule has 0 fully saturated rings. The molecule has 4 nitrogen and oxygen atoms in total. The maximum Gasteiger partial charge on any atom is 0.356 e. The first-order chi connectivity index (χ1) is 6.67. The third kappa shape index (κ3) is 2.78. The second kappa shape index (κ2) is 5.07. The highest BCUT2D eigenvalue weighted by molar-refractivity contribution is 9.10. The van der Waals surface area contributed by atoms with Crippen molar-refractivity contribution in [1.82, 2.24) is 4.98 Å². The predicted molar refractivity (Wildman–Crippen MR) is 53.8 cm³/mol. The number of hydrogen-bond donors (Lipinski definition) is 1. The summed E-state index contributed by atoms with van der Waals surface area (Å²) in [4.78, 5) is 15.2. The van der Waals surface area contributed by atoms with Crippen LogP contribution < -0.4 is 0 Å². The van der Waals surface area contributed by atoms with Gasteiger partial charge in [0.2, 0.25) is 0 Å². The van der Waals surface area contributed by atoms with Gasteiger partial charge in [-0.2, -0.15) is 0 Å². The summed E-state index contributed by atoms with van der Waals surface area (Å²) in [5.41, 5.74) is 0.632. The van der Waals surface area contributed by atoms with E-state index in [-0.39, 0.29) is 12.3 Å². The number of aromatic nitrogens is 1. The predicted octanol–water partition coefficient (Wildman–Crippen LogP) is 1.51. The Bertz CT molecular complexity index is 341. The van der Waals surface area contributed by atoms with E-state index in [1.165, 1.54) is 0 Å². The minimum atomic E-state index is -0.483. The lowest BCUT2D eigenvalue weighted by Crippen LogP contribution is -2.08. The molecule has 14 heavy (non-hydrogen) atoms. The van der Waals surface area contributed by atoms with Gasteiger partial charge in [-0.15, -0.1) is 0 Å². The van der Waals surface area contributed by atoms with E-state index >= 15 is 0 Å². The molecule has 0 spiro atoms. The molecule has 0 aliphatic carbocycles. The zero-order valence-corrected chi connectivity index (χ0v) is 9.24. The van der Waals surface area contributed by atoms with Crippen molar-refractivity contribution in [3.05, 3.63) is 28.0 Å². The van der Waals surface area contributed by atoms with E-state index in [1.807, 2.05) is 0 Å². The molecule has 0 aliphatic rings. The maximum atomic E-state index is 11.3. The van der Waals surface area contributed by atoms with E-state index in [2.05, 4.69) is 20.9 Å². The van der Waals surface area contributed by atoms with E-state index in [9.17, 15) is 4.79 Å². The summed E-state index contributed by atoms with van der Waals surface area (Å²) >= 11 is 3.21. The third-order valence-corrected chi connectivity index (χ3v) is 1.95. The number of aliphatic hydroxyl groups excluding tert-OH is 1. The summed E-state index contributed by atoms with van der Waals surface area (Å²) in [6.45, 7) is 1.83. The van der Waals surface area contributed by atoms with Gasteiger partial charge in [-0.05, 0) is 19.1 Å². The highest BCUT2D eigenvalue weighted by atomic mass is 79.9. The molecule has 0 aliphatic heterocycles. The average Bonchev–Trinajstić information content (AvgIpc) is 2.17. The molecule has 1 heterocycles. The summed E-state index contributed by atoms with van der Waals surface area (Å²) in [5.74, 6) is -0.483. The molecule has 0 bridgehead atoms. The number of hydrogen-bond acceptors (Lipinski definition) is 4. The second-order valence-electron chi connectivity index (χ2n) is 2.54. The first-order valence-corrected chi connectivity index (χ1v) is 4.91. The van der Waals surface area contributed by atoms with Crippen molar-refractivity contribution in [1.29, 1.82) is 0 Å². The van der Waals surface area contributed by atoms with Crippen LogP contribution in [0.2, 0.25) is 0 Å². The van der Waals surface area contributed by atoms with Gasteiger partial charge in [-0.1, -0.05) is 15.9 Å². The van der Waals surface area contributed by atoms with Crippen LogP contribution in [0.1, 0.15) is 23.1 Å². The fraction of sp³-hybridized carbons (Fsp3) is 0.333. The molecule has 0 amide bonds. The smallest absolute Gasteiger partial charge is 0.356 e. The number of carbonyl (C=O) groups excluding carboxylic acids is 1. The third-order valence-electron chi connectivity index (χ3n) is 1.49. The average molecular weight is 260 g/mol. The fourth-order valence-corrected chi connectivity index (χ4v) is 1.42. The van der Waals surface area contributed by atoms with Crippen molar-refractivity contribution in [2.75, 3.05) is 6.61 Å². The summed E-state index contributed by atoms with van der Waals surface area (Å²) in [6.07, 6.45) is 0. The highest BCUT2D eigenvalue weighted by Crippen LogP contribution is 2.13. The number of aliphatic hydroxyl groups is 1. The molecular formula is C9H10BrNO3. The van der Waals surface area contributed by atoms with Crippen LogP contribution in [0.15, 0.2) is 16.6 Å². The molecule has 1 aromatic rings. The molecule has 1 aromatic heterocycles. The molecular weight excluding hydrogens is 250 g/mol. The van der Waals surface area contributed by atoms with Crippen molar-refractivity contribution >= 4 is 21.9 Å². The van der Waals surface area contributed by atoms with Crippen LogP contribution in [0.5, 0.6) is 0 Å². The molecule has 0 aromatic carbocycles. The Balaban J connectivity index is 2.96. The van der Waals surface area contributed by atoms with Gasteiger partial charge in [0.05, 0.1) is 18.9 Å². The highest BCUT2D eigenvalue weighted by Gasteiger charge is 2.10. The van der Waals surface area contributed by atoms with Gasteiger partial charge >= 0.3 is 5.97 Å². The standard InChI is InChI=1S/C9H10BrNO3/c1-2-14-9(13)8-4-6(10)3-7(5-12)11-8/h3-4,12H,2,5H2,1H3. The lowest BCUT2D eigenvalue weighted by atomic mass is 10.3. The number of rotatable bonds is 3. The Morgan fingerprint density at radius 2 is 2.36 bits per heavy atom. The molecule has 0 saturated carbocycles. The lowest BCUT2D eigenvalue weighted by molar-refractivity contribution is 0.0519. The van der Waals surface area contributed by atoms with E-state index in [1.54, 1.807) is 19.1 Å². The van der Waals surface area contributed by atoms with Crippen LogP contribution in [0.4, 0.5) is 0 Å². The number of ether oxygens (including phenoxy) is 1. The van der Waals surface area contributed by atoms with Crippen molar-refractivity contribution in [3.8, 4) is 0 Å². The van der Waals surface area contributed by atoms with Gasteiger partial charge in [-0.3, -0.25) is 0 Å². The number of pyridine rings is 1. The van der Waals surface area contributed by atoms with Crippen LogP contribution in [0.3, 0.4) is 0 Å². The Hall–Kier alpha value is -0.940. The first kappa shape index (κ1) is 11.1. The van der Waals surface area contributed by atoms with Crippen LogP contribution in [0.25, 0.3) is 0 Å². The molecule has 0 saturated heterocycles. The van der Waals surface area contributed by atoms with E-state index < -0.39 is 5.97 Å². The minimum Gasteiger partial charge on any atom is -0.461 e. The Labute approximate surface area is 90.0 Å². The van der Waals surface area contributed by atoms with Crippen LogP contribution in [-0.4, -0.2) is 22.7 Å². The molecule has 1 N–H and O–H groups in total. The molecule has 5 heteroatoms. The lowest BCUT2D eigenvalue weighted by Gasteiger charge is -2.03. The molecule has 1 rings (SSSR count). The summed E-state index contributed by atoms with van der Waals surface area (Å²) in [5, 5.41) is 8.86. The van der Waals surface area contributed by atoms with E-state index in [4.69, 9.17) is 9.84 Å². The van der Waals surface area contributed by atoms with E-state index in [0.29, 0.717) is 16.8 Å². The van der Waals surface area contributed by atoms with Gasteiger partial charge in [0.25, 0.3) is 0 Å². The van der Waals surface area contributed by atoms with Crippen molar-refractivity contribution in [2.24, 2.45) is 0 Å². The number of carbonyl (C=O) groups is 1. The minimum absolute atomic E-state index is 0.199. The van der Waals surface area contributed by atoms with Gasteiger partial charge in [0, 0.05) is 4.47 Å². The summed E-state index contributed by atoms with van der Waals surface area (Å²) in [7, 11) is 0. The van der Waals surface area contributed by atoms with Gasteiger partial charge in [0.1, 0.15) is 5.69 Å². The normalized spacial score (nSPS) is 9.93. The number of esters is 1. The fourth-order valence-electron chi connectivity index (χ4n) is 0.941. The monoisotopic (exact) mass is 259 g/mol. The molecule has 76 valence electrons. The maximum absolute atomic E-state index is 11.3. The van der Waals surface area contributed by atoms with Crippen molar-refractivity contribution in [3.63, 3.8) is 0 Å². The number of nitrogens with zero attached hydrogens (tertiary/aromatic N) is 1.